The van der Waals surface area contributed by atoms with Gasteiger partial charge in [0.1, 0.15) is 5.76 Å². The SMILES string of the molecule is COc1cc(CNCc2ccco2)c(Br)cc1OCC(=O)Nc1ccc(C)cc1. The number of anilines is 1. The predicted molar refractivity (Wildman–Crippen MR) is 115 cm³/mol. The van der Waals surface area contributed by atoms with Crippen LogP contribution in [0.15, 0.2) is 63.7 Å². The summed E-state index contributed by atoms with van der Waals surface area (Å²) >= 11 is 3.56. The molecule has 0 saturated heterocycles. The van der Waals surface area contributed by atoms with Crippen LogP contribution in [0, 0.1) is 6.92 Å². The van der Waals surface area contributed by atoms with E-state index in [0.717, 1.165) is 27.0 Å². The van der Waals surface area contributed by atoms with Crippen LogP contribution in [0.4, 0.5) is 5.69 Å². The fraction of sp³-hybridized carbons (Fsp3) is 0.227. The summed E-state index contributed by atoms with van der Waals surface area (Å²) in [4.78, 5) is 12.2. The van der Waals surface area contributed by atoms with Gasteiger partial charge < -0.3 is 24.5 Å². The molecule has 0 atom stereocenters. The molecule has 1 aromatic heterocycles. The van der Waals surface area contributed by atoms with Crippen molar-refractivity contribution in [2.45, 2.75) is 20.0 Å². The molecule has 0 saturated carbocycles. The molecule has 3 rings (SSSR count). The summed E-state index contributed by atoms with van der Waals surface area (Å²) in [6.07, 6.45) is 1.65. The number of amides is 1. The number of carbonyl (C=O) groups excluding carboxylic acids is 1. The lowest BCUT2D eigenvalue weighted by Crippen LogP contribution is -2.20. The molecule has 6 nitrogen and oxygen atoms in total. The zero-order chi connectivity index (χ0) is 20.6. The van der Waals surface area contributed by atoms with Crippen LogP contribution >= 0.6 is 15.9 Å². The quantitative estimate of drug-likeness (QED) is 0.487. The maximum atomic E-state index is 12.2. The second-order valence-electron chi connectivity index (χ2n) is 6.48. The van der Waals surface area contributed by atoms with Crippen LogP contribution in [-0.2, 0) is 17.9 Å². The van der Waals surface area contributed by atoms with E-state index in [1.54, 1.807) is 13.4 Å². The Balaban J connectivity index is 1.57. The number of benzene rings is 2. The van der Waals surface area contributed by atoms with Gasteiger partial charge in [0.05, 0.1) is 19.9 Å². The van der Waals surface area contributed by atoms with Gasteiger partial charge in [0.25, 0.3) is 5.91 Å². The van der Waals surface area contributed by atoms with Crippen molar-refractivity contribution in [1.29, 1.82) is 0 Å². The summed E-state index contributed by atoms with van der Waals surface area (Å²) in [6, 6.07) is 15.1. The number of hydrogen-bond acceptors (Lipinski definition) is 5. The summed E-state index contributed by atoms with van der Waals surface area (Å²) in [6.45, 7) is 3.12. The van der Waals surface area contributed by atoms with Crippen LogP contribution in [0.1, 0.15) is 16.9 Å². The van der Waals surface area contributed by atoms with E-state index in [2.05, 4.69) is 26.6 Å². The monoisotopic (exact) mass is 458 g/mol. The number of nitrogens with one attached hydrogen (secondary N) is 2. The average molecular weight is 459 g/mol. The normalized spacial score (nSPS) is 10.6. The molecule has 0 spiro atoms. The molecule has 0 radical (unpaired) electrons. The first kappa shape index (κ1) is 21.0. The third-order valence-electron chi connectivity index (χ3n) is 4.22. The van der Waals surface area contributed by atoms with Gasteiger partial charge in [0.15, 0.2) is 18.1 Å². The van der Waals surface area contributed by atoms with Crippen molar-refractivity contribution in [3.63, 3.8) is 0 Å². The number of carbonyl (C=O) groups is 1. The number of rotatable bonds is 9. The summed E-state index contributed by atoms with van der Waals surface area (Å²) < 4.78 is 17.3. The Bertz CT molecular complexity index is 940. The molecule has 2 aromatic carbocycles. The van der Waals surface area contributed by atoms with E-state index in [0.29, 0.717) is 24.6 Å². The van der Waals surface area contributed by atoms with Crippen molar-refractivity contribution in [2.24, 2.45) is 0 Å². The van der Waals surface area contributed by atoms with Gasteiger partial charge in [-0.05, 0) is 48.9 Å². The molecule has 0 aliphatic carbocycles. The van der Waals surface area contributed by atoms with E-state index >= 15 is 0 Å². The molecule has 0 aliphatic rings. The number of aryl methyl sites for hydroxylation is 1. The first-order chi connectivity index (χ1) is 14.0. The Hall–Kier alpha value is -2.77. The molecule has 0 fully saturated rings. The van der Waals surface area contributed by atoms with Gasteiger partial charge in [-0.25, -0.2) is 0 Å². The Morgan fingerprint density at radius 1 is 1.10 bits per heavy atom. The lowest BCUT2D eigenvalue weighted by Gasteiger charge is -2.14. The van der Waals surface area contributed by atoms with Crippen molar-refractivity contribution in [2.75, 3.05) is 19.0 Å². The molecule has 1 heterocycles. The van der Waals surface area contributed by atoms with Crippen molar-refractivity contribution in [1.82, 2.24) is 5.32 Å². The molecule has 152 valence electrons. The highest BCUT2D eigenvalue weighted by Gasteiger charge is 2.12. The molecule has 1 amide bonds. The molecule has 29 heavy (non-hydrogen) atoms. The van der Waals surface area contributed by atoms with E-state index in [1.807, 2.05) is 55.5 Å². The van der Waals surface area contributed by atoms with Crippen LogP contribution in [0.3, 0.4) is 0 Å². The van der Waals surface area contributed by atoms with Crippen molar-refractivity contribution < 1.29 is 18.7 Å². The van der Waals surface area contributed by atoms with E-state index in [4.69, 9.17) is 13.9 Å². The topological polar surface area (TPSA) is 72.7 Å². The summed E-state index contributed by atoms with van der Waals surface area (Å²) in [7, 11) is 1.57. The molecular weight excluding hydrogens is 436 g/mol. The molecule has 0 unspecified atom stereocenters. The lowest BCUT2D eigenvalue weighted by atomic mass is 10.2. The number of halogens is 1. The third kappa shape index (κ3) is 6.10. The van der Waals surface area contributed by atoms with Crippen LogP contribution in [0.25, 0.3) is 0 Å². The minimum atomic E-state index is -0.240. The van der Waals surface area contributed by atoms with E-state index in [-0.39, 0.29) is 12.5 Å². The highest BCUT2D eigenvalue weighted by molar-refractivity contribution is 9.10. The summed E-state index contributed by atoms with van der Waals surface area (Å²) in [5, 5.41) is 6.12. The van der Waals surface area contributed by atoms with Gasteiger partial charge in [-0.3, -0.25) is 4.79 Å². The van der Waals surface area contributed by atoms with Gasteiger partial charge in [-0.15, -0.1) is 0 Å². The van der Waals surface area contributed by atoms with Gasteiger partial charge in [0, 0.05) is 16.7 Å². The molecule has 2 N–H and O–H groups in total. The number of hydrogen-bond donors (Lipinski definition) is 2. The van der Waals surface area contributed by atoms with Crippen molar-refractivity contribution in [3.05, 3.63) is 76.2 Å². The zero-order valence-corrected chi connectivity index (χ0v) is 17.9. The highest BCUT2D eigenvalue weighted by atomic mass is 79.9. The number of furan rings is 1. The van der Waals surface area contributed by atoms with Gasteiger partial charge >= 0.3 is 0 Å². The Kier molecular flexibility index (Phi) is 7.32. The van der Waals surface area contributed by atoms with Crippen LogP contribution in [0.2, 0.25) is 0 Å². The smallest absolute Gasteiger partial charge is 0.262 e. The first-order valence-corrected chi connectivity index (χ1v) is 9.93. The van der Waals surface area contributed by atoms with Gasteiger partial charge in [-0.2, -0.15) is 0 Å². The third-order valence-corrected chi connectivity index (χ3v) is 4.96. The van der Waals surface area contributed by atoms with E-state index in [1.165, 1.54) is 0 Å². The van der Waals surface area contributed by atoms with E-state index < -0.39 is 0 Å². The Morgan fingerprint density at radius 3 is 2.59 bits per heavy atom. The average Bonchev–Trinajstić information content (AvgIpc) is 3.23. The summed E-state index contributed by atoms with van der Waals surface area (Å²) in [5.41, 5.74) is 2.87. The predicted octanol–water partition coefficient (Wildman–Crippen LogP) is 4.67. The molecule has 7 heteroatoms. The molecule has 3 aromatic rings. The molecular formula is C22H23BrN2O4. The minimum Gasteiger partial charge on any atom is -0.493 e. The van der Waals surface area contributed by atoms with Crippen molar-refractivity contribution in [3.8, 4) is 11.5 Å². The molecule has 0 aliphatic heterocycles. The van der Waals surface area contributed by atoms with Crippen LogP contribution in [-0.4, -0.2) is 19.6 Å². The maximum Gasteiger partial charge on any atom is 0.262 e. The zero-order valence-electron chi connectivity index (χ0n) is 16.3. The van der Waals surface area contributed by atoms with Gasteiger partial charge in [0.2, 0.25) is 0 Å². The second-order valence-corrected chi connectivity index (χ2v) is 7.33. The lowest BCUT2D eigenvalue weighted by molar-refractivity contribution is -0.118. The second kappa shape index (κ2) is 10.1. The first-order valence-electron chi connectivity index (χ1n) is 9.14. The maximum absolute atomic E-state index is 12.2. The van der Waals surface area contributed by atoms with Gasteiger partial charge in [-0.1, -0.05) is 33.6 Å². The number of ether oxygens (including phenoxy) is 2. The Morgan fingerprint density at radius 2 is 1.90 bits per heavy atom. The van der Waals surface area contributed by atoms with E-state index in [9.17, 15) is 4.79 Å². The summed E-state index contributed by atoms with van der Waals surface area (Å²) in [5.74, 6) is 1.68. The Labute approximate surface area is 178 Å². The largest absolute Gasteiger partial charge is 0.493 e. The minimum absolute atomic E-state index is 0.118. The fourth-order valence-electron chi connectivity index (χ4n) is 2.70. The number of methoxy groups -OCH3 is 1. The van der Waals surface area contributed by atoms with Crippen LogP contribution in [0.5, 0.6) is 11.5 Å². The highest BCUT2D eigenvalue weighted by Crippen LogP contribution is 2.33. The van der Waals surface area contributed by atoms with Crippen LogP contribution < -0.4 is 20.1 Å². The van der Waals surface area contributed by atoms with Crippen molar-refractivity contribution >= 4 is 27.5 Å². The standard InChI is InChI=1S/C22H23BrN2O4/c1-15-5-7-17(8-6-15)25-22(26)14-29-21-11-19(23)16(10-20(21)27-2)12-24-13-18-4-3-9-28-18/h3-11,24H,12-14H2,1-2H3,(H,25,26). The fourth-order valence-corrected chi connectivity index (χ4v) is 3.16. The molecule has 0 bridgehead atoms.